The minimum Gasteiger partial charge on any atom is -0.461 e. The van der Waals surface area contributed by atoms with Crippen molar-refractivity contribution in [2.45, 2.75) is 20.4 Å². The number of aryl methyl sites for hydroxylation is 1. The van der Waals surface area contributed by atoms with E-state index in [2.05, 4.69) is 20.9 Å². The van der Waals surface area contributed by atoms with Crippen molar-refractivity contribution < 1.29 is 9.53 Å². The molecular formula is C14H15BrN2O2. The average Bonchev–Trinajstić information content (AvgIpc) is 2.66. The fourth-order valence-electron chi connectivity index (χ4n) is 1.91. The van der Waals surface area contributed by atoms with E-state index in [1.165, 1.54) is 0 Å². The topological polar surface area (TPSA) is 44.1 Å². The largest absolute Gasteiger partial charge is 0.461 e. The number of hydrogen-bond donors (Lipinski definition) is 0. The van der Waals surface area contributed by atoms with Crippen molar-refractivity contribution in [2.75, 3.05) is 6.61 Å². The van der Waals surface area contributed by atoms with Crippen molar-refractivity contribution in [1.29, 1.82) is 0 Å². The summed E-state index contributed by atoms with van der Waals surface area (Å²) in [6, 6.07) is 9.92. The first kappa shape index (κ1) is 13.8. The number of carbonyl (C=O) groups is 1. The van der Waals surface area contributed by atoms with Crippen molar-refractivity contribution in [2.24, 2.45) is 0 Å². The van der Waals surface area contributed by atoms with Crippen LogP contribution >= 0.6 is 15.9 Å². The lowest BCUT2D eigenvalue weighted by Crippen LogP contribution is -2.14. The van der Waals surface area contributed by atoms with Gasteiger partial charge < -0.3 is 9.30 Å². The highest BCUT2D eigenvalue weighted by atomic mass is 79.9. The number of imidazole rings is 1. The van der Waals surface area contributed by atoms with Gasteiger partial charge >= 0.3 is 5.97 Å². The molecule has 5 heteroatoms. The zero-order valence-corrected chi connectivity index (χ0v) is 12.5. The Morgan fingerprint density at radius 3 is 2.68 bits per heavy atom. The molecule has 0 bridgehead atoms. The smallest absolute Gasteiger partial charge is 0.356 e. The summed E-state index contributed by atoms with van der Waals surface area (Å²) in [4.78, 5) is 16.3. The first-order valence-electron chi connectivity index (χ1n) is 6.07. The molecule has 0 unspecified atom stereocenters. The molecule has 0 N–H and O–H groups in total. The number of halogens is 1. The predicted octanol–water partition coefficient (Wildman–Crippen LogP) is 3.18. The van der Waals surface area contributed by atoms with Gasteiger partial charge in [-0.05, 0) is 35.3 Å². The second-order valence-corrected chi connectivity index (χ2v) is 4.82. The summed E-state index contributed by atoms with van der Waals surface area (Å²) in [7, 11) is 0. The highest BCUT2D eigenvalue weighted by Crippen LogP contribution is 2.19. The third-order valence-corrected chi connectivity index (χ3v) is 3.35. The number of aromatic nitrogens is 2. The Kier molecular flexibility index (Phi) is 4.37. The van der Waals surface area contributed by atoms with Crippen molar-refractivity contribution >= 4 is 21.9 Å². The van der Waals surface area contributed by atoms with Gasteiger partial charge in [-0.25, -0.2) is 9.78 Å². The van der Waals surface area contributed by atoms with E-state index in [9.17, 15) is 4.79 Å². The van der Waals surface area contributed by atoms with Gasteiger partial charge in [-0.15, -0.1) is 0 Å². The average molecular weight is 323 g/mol. The Morgan fingerprint density at radius 2 is 2.05 bits per heavy atom. The molecule has 4 nitrogen and oxygen atoms in total. The van der Waals surface area contributed by atoms with Crippen LogP contribution in [-0.4, -0.2) is 22.1 Å². The summed E-state index contributed by atoms with van der Waals surface area (Å²) in [6.45, 7) is 4.53. The lowest BCUT2D eigenvalue weighted by atomic mass is 10.2. The van der Waals surface area contributed by atoms with E-state index in [4.69, 9.17) is 4.74 Å². The molecule has 0 aliphatic rings. The molecule has 0 aliphatic carbocycles. The van der Waals surface area contributed by atoms with Gasteiger partial charge in [0.15, 0.2) is 10.4 Å². The van der Waals surface area contributed by atoms with E-state index >= 15 is 0 Å². The van der Waals surface area contributed by atoms with Crippen LogP contribution in [0.2, 0.25) is 0 Å². The molecule has 0 amide bonds. The second-order valence-electron chi connectivity index (χ2n) is 4.11. The number of hydrogen-bond acceptors (Lipinski definition) is 3. The van der Waals surface area contributed by atoms with Crippen molar-refractivity contribution in [3.05, 3.63) is 52.0 Å². The molecule has 1 aromatic carbocycles. The number of rotatable bonds is 4. The predicted molar refractivity (Wildman–Crippen MR) is 76.2 cm³/mol. The minimum atomic E-state index is -0.339. The van der Waals surface area contributed by atoms with Crippen molar-refractivity contribution in [3.8, 4) is 0 Å². The van der Waals surface area contributed by atoms with Crippen LogP contribution in [0.15, 0.2) is 35.1 Å². The number of esters is 1. The molecule has 0 saturated heterocycles. The molecule has 1 heterocycles. The van der Waals surface area contributed by atoms with Crippen LogP contribution in [0.5, 0.6) is 0 Å². The van der Waals surface area contributed by atoms with Crippen LogP contribution in [0.3, 0.4) is 0 Å². The number of nitrogens with zero attached hydrogens (tertiary/aromatic N) is 2. The van der Waals surface area contributed by atoms with Gasteiger partial charge in [0.25, 0.3) is 0 Å². The molecule has 1 aromatic heterocycles. The van der Waals surface area contributed by atoms with Gasteiger partial charge in [-0.1, -0.05) is 30.3 Å². The van der Waals surface area contributed by atoms with Crippen LogP contribution in [0, 0.1) is 6.92 Å². The van der Waals surface area contributed by atoms with E-state index < -0.39 is 0 Å². The Hall–Kier alpha value is -1.62. The first-order valence-corrected chi connectivity index (χ1v) is 6.86. The van der Waals surface area contributed by atoms with Gasteiger partial charge in [-0.3, -0.25) is 0 Å². The normalized spacial score (nSPS) is 10.5. The molecule has 0 aliphatic heterocycles. The molecule has 2 aromatic rings. The standard InChI is InChI=1S/C14H15BrN2O2/c1-3-19-13(18)12-10(2)16-14(15)17(12)9-11-7-5-4-6-8-11/h4-8H,3,9H2,1-2H3. The Morgan fingerprint density at radius 1 is 1.37 bits per heavy atom. The number of benzene rings is 1. The molecule has 0 spiro atoms. The quantitative estimate of drug-likeness (QED) is 0.812. The van der Waals surface area contributed by atoms with Gasteiger partial charge in [0.1, 0.15) is 0 Å². The highest BCUT2D eigenvalue weighted by molar-refractivity contribution is 9.10. The third kappa shape index (κ3) is 3.04. The van der Waals surface area contributed by atoms with Crippen molar-refractivity contribution in [3.63, 3.8) is 0 Å². The lowest BCUT2D eigenvalue weighted by molar-refractivity contribution is 0.0513. The van der Waals surface area contributed by atoms with E-state index in [-0.39, 0.29) is 5.97 Å². The number of carbonyl (C=O) groups excluding carboxylic acids is 1. The van der Waals surface area contributed by atoms with E-state index in [0.29, 0.717) is 29.3 Å². The molecule has 0 radical (unpaired) electrons. The fraction of sp³-hybridized carbons (Fsp3) is 0.286. The zero-order valence-electron chi connectivity index (χ0n) is 10.9. The molecular weight excluding hydrogens is 308 g/mol. The molecule has 2 rings (SSSR count). The Balaban J connectivity index is 2.37. The second kappa shape index (κ2) is 6.02. The summed E-state index contributed by atoms with van der Waals surface area (Å²) in [6.07, 6.45) is 0. The van der Waals surface area contributed by atoms with Crippen molar-refractivity contribution in [1.82, 2.24) is 9.55 Å². The van der Waals surface area contributed by atoms with Gasteiger partial charge in [0.05, 0.1) is 18.8 Å². The highest BCUT2D eigenvalue weighted by Gasteiger charge is 2.20. The Labute approximate surface area is 120 Å². The maximum Gasteiger partial charge on any atom is 0.356 e. The van der Waals surface area contributed by atoms with E-state index in [0.717, 1.165) is 5.56 Å². The first-order chi connectivity index (χ1) is 9.13. The van der Waals surface area contributed by atoms with Gasteiger partial charge in [-0.2, -0.15) is 0 Å². The SMILES string of the molecule is CCOC(=O)c1c(C)nc(Br)n1Cc1ccccc1. The maximum absolute atomic E-state index is 12.0. The van der Waals surface area contributed by atoms with E-state index in [1.54, 1.807) is 13.8 Å². The summed E-state index contributed by atoms with van der Waals surface area (Å²) < 4.78 is 7.54. The summed E-state index contributed by atoms with van der Waals surface area (Å²) >= 11 is 3.39. The van der Waals surface area contributed by atoms with Crippen LogP contribution in [0.25, 0.3) is 0 Å². The van der Waals surface area contributed by atoms with Crippen LogP contribution in [0.4, 0.5) is 0 Å². The maximum atomic E-state index is 12.0. The number of ether oxygens (including phenoxy) is 1. The lowest BCUT2D eigenvalue weighted by Gasteiger charge is -2.09. The molecule has 19 heavy (non-hydrogen) atoms. The minimum absolute atomic E-state index is 0.339. The summed E-state index contributed by atoms with van der Waals surface area (Å²) in [5.74, 6) is -0.339. The van der Waals surface area contributed by atoms with Crippen LogP contribution in [-0.2, 0) is 11.3 Å². The van der Waals surface area contributed by atoms with E-state index in [1.807, 2.05) is 34.9 Å². The van der Waals surface area contributed by atoms with Gasteiger partial charge in [0.2, 0.25) is 0 Å². The van der Waals surface area contributed by atoms with Crippen LogP contribution in [0.1, 0.15) is 28.7 Å². The summed E-state index contributed by atoms with van der Waals surface area (Å²) in [5.41, 5.74) is 2.27. The molecule has 0 atom stereocenters. The zero-order chi connectivity index (χ0) is 13.8. The third-order valence-electron chi connectivity index (χ3n) is 2.75. The monoisotopic (exact) mass is 322 g/mol. The fourth-order valence-corrected chi connectivity index (χ4v) is 2.48. The van der Waals surface area contributed by atoms with Crippen LogP contribution < -0.4 is 0 Å². The molecule has 100 valence electrons. The Bertz CT molecular complexity index is 579. The summed E-state index contributed by atoms with van der Waals surface area (Å²) in [5, 5.41) is 0. The molecule has 0 fully saturated rings. The van der Waals surface area contributed by atoms with Gasteiger partial charge in [0, 0.05) is 0 Å². The molecule has 0 saturated carbocycles.